The van der Waals surface area contributed by atoms with E-state index in [2.05, 4.69) is 15.5 Å². The van der Waals surface area contributed by atoms with Crippen LogP contribution >= 0.6 is 22.9 Å². The van der Waals surface area contributed by atoms with Crippen LogP contribution in [0.5, 0.6) is 0 Å². The first kappa shape index (κ1) is 14.6. The van der Waals surface area contributed by atoms with Crippen molar-refractivity contribution in [2.45, 2.75) is 0 Å². The highest BCUT2D eigenvalue weighted by Gasteiger charge is 2.17. The third kappa shape index (κ3) is 2.98. The van der Waals surface area contributed by atoms with E-state index < -0.39 is 11.7 Å². The van der Waals surface area contributed by atoms with Crippen molar-refractivity contribution in [3.8, 4) is 10.6 Å². The number of anilines is 1. The SMILES string of the molecule is O=C(Nc1nnc(-c2ccccc2)s1)c1c(F)cccc1Cl. The van der Waals surface area contributed by atoms with Crippen molar-refractivity contribution in [1.82, 2.24) is 10.2 Å². The summed E-state index contributed by atoms with van der Waals surface area (Å²) in [6.07, 6.45) is 0. The molecule has 4 nitrogen and oxygen atoms in total. The monoisotopic (exact) mass is 333 g/mol. The van der Waals surface area contributed by atoms with Crippen LogP contribution in [0.25, 0.3) is 10.6 Å². The van der Waals surface area contributed by atoms with Crippen molar-refractivity contribution in [2.75, 3.05) is 5.32 Å². The fraction of sp³-hybridized carbons (Fsp3) is 0. The first-order chi connectivity index (χ1) is 10.6. The van der Waals surface area contributed by atoms with E-state index in [0.717, 1.165) is 5.56 Å². The Morgan fingerprint density at radius 2 is 1.86 bits per heavy atom. The van der Waals surface area contributed by atoms with Gasteiger partial charge < -0.3 is 0 Å². The fourth-order valence-electron chi connectivity index (χ4n) is 1.85. The number of carbonyl (C=O) groups is 1. The number of nitrogens with zero attached hydrogens (tertiary/aromatic N) is 2. The Balaban J connectivity index is 1.82. The lowest BCUT2D eigenvalue weighted by atomic mass is 10.2. The van der Waals surface area contributed by atoms with Gasteiger partial charge in [-0.2, -0.15) is 0 Å². The number of hydrogen-bond donors (Lipinski definition) is 1. The molecule has 0 atom stereocenters. The van der Waals surface area contributed by atoms with Gasteiger partial charge in [-0.25, -0.2) is 4.39 Å². The molecule has 0 fully saturated rings. The van der Waals surface area contributed by atoms with Crippen molar-refractivity contribution >= 4 is 34.0 Å². The summed E-state index contributed by atoms with van der Waals surface area (Å²) in [5, 5.41) is 11.4. The smallest absolute Gasteiger partial charge is 0.261 e. The molecule has 0 aliphatic rings. The van der Waals surface area contributed by atoms with Crippen LogP contribution < -0.4 is 5.32 Å². The molecule has 0 bridgehead atoms. The van der Waals surface area contributed by atoms with Gasteiger partial charge in [0.15, 0.2) is 0 Å². The number of nitrogens with one attached hydrogen (secondary N) is 1. The second-order valence-electron chi connectivity index (χ2n) is 4.33. The summed E-state index contributed by atoms with van der Waals surface area (Å²) in [5.41, 5.74) is 0.685. The molecule has 7 heteroatoms. The molecular formula is C15H9ClFN3OS. The second-order valence-corrected chi connectivity index (χ2v) is 5.71. The maximum Gasteiger partial charge on any atom is 0.261 e. The Morgan fingerprint density at radius 3 is 2.59 bits per heavy atom. The van der Waals surface area contributed by atoms with E-state index in [4.69, 9.17) is 11.6 Å². The maximum atomic E-state index is 13.7. The summed E-state index contributed by atoms with van der Waals surface area (Å²) in [6, 6.07) is 13.5. The van der Waals surface area contributed by atoms with E-state index in [1.807, 2.05) is 30.3 Å². The lowest BCUT2D eigenvalue weighted by Gasteiger charge is -2.04. The molecule has 2 aromatic carbocycles. The first-order valence-electron chi connectivity index (χ1n) is 6.29. The molecular weight excluding hydrogens is 325 g/mol. The number of aromatic nitrogens is 2. The van der Waals surface area contributed by atoms with Crippen LogP contribution in [0, 0.1) is 5.82 Å². The summed E-state index contributed by atoms with van der Waals surface area (Å²) in [5.74, 6) is -1.34. The minimum absolute atomic E-state index is 0.0466. The average molecular weight is 334 g/mol. The molecule has 1 amide bonds. The summed E-state index contributed by atoms with van der Waals surface area (Å²) in [7, 11) is 0. The minimum Gasteiger partial charge on any atom is -0.296 e. The highest BCUT2D eigenvalue weighted by Crippen LogP contribution is 2.27. The Morgan fingerprint density at radius 1 is 1.09 bits per heavy atom. The molecule has 0 aliphatic heterocycles. The van der Waals surface area contributed by atoms with E-state index in [9.17, 15) is 9.18 Å². The van der Waals surface area contributed by atoms with Crippen molar-refractivity contribution in [2.24, 2.45) is 0 Å². The molecule has 0 radical (unpaired) electrons. The molecule has 0 aliphatic carbocycles. The molecule has 22 heavy (non-hydrogen) atoms. The molecule has 1 N–H and O–H groups in total. The van der Waals surface area contributed by atoms with Gasteiger partial charge in [-0.15, -0.1) is 10.2 Å². The van der Waals surface area contributed by atoms with Crippen LogP contribution in [0.15, 0.2) is 48.5 Å². The highest BCUT2D eigenvalue weighted by atomic mass is 35.5. The van der Waals surface area contributed by atoms with Crippen molar-refractivity contribution in [1.29, 1.82) is 0 Å². The zero-order valence-electron chi connectivity index (χ0n) is 11.1. The third-order valence-corrected chi connectivity index (χ3v) is 4.06. The largest absolute Gasteiger partial charge is 0.296 e. The van der Waals surface area contributed by atoms with Crippen molar-refractivity contribution in [3.63, 3.8) is 0 Å². The Bertz CT molecular complexity index is 802. The molecule has 3 aromatic rings. The Hall–Kier alpha value is -2.31. The summed E-state index contributed by atoms with van der Waals surface area (Å²) < 4.78 is 13.7. The van der Waals surface area contributed by atoms with E-state index in [0.29, 0.717) is 5.01 Å². The van der Waals surface area contributed by atoms with Gasteiger partial charge in [-0.05, 0) is 12.1 Å². The molecule has 0 saturated carbocycles. The highest BCUT2D eigenvalue weighted by molar-refractivity contribution is 7.18. The summed E-state index contributed by atoms with van der Waals surface area (Å²) >= 11 is 7.06. The number of amides is 1. The van der Waals surface area contributed by atoms with E-state index in [1.165, 1.54) is 29.5 Å². The van der Waals surface area contributed by atoms with Crippen molar-refractivity contribution in [3.05, 3.63) is 64.9 Å². The molecule has 0 saturated heterocycles. The summed E-state index contributed by atoms with van der Waals surface area (Å²) in [4.78, 5) is 12.1. The number of benzene rings is 2. The normalized spacial score (nSPS) is 10.5. The van der Waals surface area contributed by atoms with Crippen LogP contribution in [-0.4, -0.2) is 16.1 Å². The Labute approximate surface area is 134 Å². The van der Waals surface area contributed by atoms with Crippen LogP contribution in [0.2, 0.25) is 5.02 Å². The quantitative estimate of drug-likeness (QED) is 0.779. The third-order valence-electron chi connectivity index (χ3n) is 2.86. The molecule has 0 spiro atoms. The lowest BCUT2D eigenvalue weighted by Crippen LogP contribution is -2.14. The van der Waals surface area contributed by atoms with Gasteiger partial charge in [0.25, 0.3) is 5.91 Å². The predicted molar refractivity (Wildman–Crippen MR) is 84.7 cm³/mol. The molecule has 110 valence electrons. The predicted octanol–water partition coefficient (Wildman–Crippen LogP) is 4.25. The van der Waals surface area contributed by atoms with Gasteiger partial charge in [0, 0.05) is 5.56 Å². The van der Waals surface area contributed by atoms with Crippen LogP contribution in [-0.2, 0) is 0 Å². The van der Waals surface area contributed by atoms with E-state index in [-0.39, 0.29) is 15.7 Å². The van der Waals surface area contributed by atoms with Gasteiger partial charge >= 0.3 is 0 Å². The molecule has 1 heterocycles. The number of carbonyl (C=O) groups excluding carboxylic acids is 1. The van der Waals surface area contributed by atoms with Crippen LogP contribution in [0.3, 0.4) is 0 Å². The van der Waals surface area contributed by atoms with E-state index >= 15 is 0 Å². The Kier molecular flexibility index (Phi) is 4.13. The summed E-state index contributed by atoms with van der Waals surface area (Å²) in [6.45, 7) is 0. The first-order valence-corrected chi connectivity index (χ1v) is 7.49. The van der Waals surface area contributed by atoms with Gasteiger partial charge in [-0.3, -0.25) is 10.1 Å². The van der Waals surface area contributed by atoms with Crippen LogP contribution in [0.4, 0.5) is 9.52 Å². The average Bonchev–Trinajstić information content (AvgIpc) is 2.96. The number of hydrogen-bond acceptors (Lipinski definition) is 4. The van der Waals surface area contributed by atoms with E-state index in [1.54, 1.807) is 0 Å². The van der Waals surface area contributed by atoms with Gasteiger partial charge in [0.05, 0.1) is 10.6 Å². The molecule has 1 aromatic heterocycles. The number of rotatable bonds is 3. The number of halogens is 2. The molecule has 3 rings (SSSR count). The standard InChI is InChI=1S/C15H9ClFN3OS/c16-10-7-4-8-11(17)12(10)13(21)18-15-20-19-14(22-15)9-5-2-1-3-6-9/h1-8H,(H,18,20,21). The topological polar surface area (TPSA) is 54.9 Å². The maximum absolute atomic E-state index is 13.7. The van der Waals surface area contributed by atoms with Crippen LogP contribution in [0.1, 0.15) is 10.4 Å². The van der Waals surface area contributed by atoms with Gasteiger partial charge in [0.1, 0.15) is 10.8 Å². The fourth-order valence-corrected chi connectivity index (χ4v) is 2.84. The second kappa shape index (κ2) is 6.21. The zero-order chi connectivity index (χ0) is 15.5. The molecule has 0 unspecified atom stereocenters. The minimum atomic E-state index is -0.683. The van der Waals surface area contributed by atoms with Gasteiger partial charge in [-0.1, -0.05) is 59.3 Å². The van der Waals surface area contributed by atoms with Gasteiger partial charge in [0.2, 0.25) is 5.13 Å². The zero-order valence-corrected chi connectivity index (χ0v) is 12.7. The van der Waals surface area contributed by atoms with Crippen molar-refractivity contribution < 1.29 is 9.18 Å². The lowest BCUT2D eigenvalue weighted by molar-refractivity contribution is 0.102.